The molecule has 8 nitrogen and oxygen atoms in total. The van der Waals surface area contributed by atoms with Crippen molar-refractivity contribution in [3.8, 4) is 0 Å². The van der Waals surface area contributed by atoms with Crippen LogP contribution in [0.5, 0.6) is 0 Å². The Morgan fingerprint density at radius 3 is 2.39 bits per heavy atom. The van der Waals surface area contributed by atoms with Crippen LogP contribution in [0.2, 0.25) is 18.1 Å². The van der Waals surface area contributed by atoms with Gasteiger partial charge in [0.15, 0.2) is 20.7 Å². The van der Waals surface area contributed by atoms with Crippen LogP contribution in [0.4, 0.5) is 0 Å². The quantitative estimate of drug-likeness (QED) is 0.189. The summed E-state index contributed by atoms with van der Waals surface area (Å²) in [5.41, 5.74) is -2.00. The molecule has 2 saturated heterocycles. The van der Waals surface area contributed by atoms with Crippen molar-refractivity contribution in [2.75, 3.05) is 19.8 Å². The number of Topliss-reactive ketones (excluding diaryl/α,β-unsaturated/α-hetero) is 1. The standard InChI is InChI=1S/C37H62O8Si/c1-23(2)11-10-12-24(3)26-13-14-27-31-28(16-17-35(26,27)7)36-18-15-25(19-37(36,41)33(40)32(31)43-22-36)45-30(39)20-42-29(38)21-44-46(8,9)34(4,5)6/h23-28,31-32,41H,10-22H2,1-9H3/t24-,25+,26-,27+,28+,31+,32-,35-,36+,37+/m1/s1. The van der Waals surface area contributed by atoms with Gasteiger partial charge in [0.05, 0.1) is 6.61 Å². The number of ether oxygens (including phenoxy) is 3. The molecule has 46 heavy (non-hydrogen) atoms. The summed E-state index contributed by atoms with van der Waals surface area (Å²) in [5.74, 6) is 1.43. The molecule has 4 aliphatic carbocycles. The molecular formula is C37H62O8Si. The molecule has 4 saturated carbocycles. The van der Waals surface area contributed by atoms with Crippen molar-refractivity contribution < 1.29 is 38.1 Å². The van der Waals surface area contributed by atoms with Gasteiger partial charge in [-0.25, -0.2) is 9.59 Å². The van der Waals surface area contributed by atoms with E-state index in [9.17, 15) is 19.5 Å². The van der Waals surface area contributed by atoms with Crippen molar-refractivity contribution in [1.82, 2.24) is 0 Å². The summed E-state index contributed by atoms with van der Waals surface area (Å²) < 4.78 is 23.2. The highest BCUT2D eigenvalue weighted by atomic mass is 28.4. The molecule has 0 aromatic carbocycles. The SMILES string of the molecule is CC(C)CCC[C@@H](C)[C@H]1CC[C@H]2[C@@H]3[C@H]4OC[C@@]5(CC[C@H](OC(=O)COC(=O)CO[Si](C)(C)C(C)(C)C)C[C@]5(O)C4=O)[C@H]3CC[C@]12C. The molecule has 2 aliphatic heterocycles. The van der Waals surface area contributed by atoms with Crippen LogP contribution in [0.25, 0.3) is 0 Å². The molecule has 6 rings (SSSR count). The molecule has 0 amide bonds. The summed E-state index contributed by atoms with van der Waals surface area (Å²) >= 11 is 0. The third-order valence-electron chi connectivity index (χ3n) is 14.0. The molecular weight excluding hydrogens is 600 g/mol. The van der Waals surface area contributed by atoms with Crippen molar-refractivity contribution in [3.05, 3.63) is 0 Å². The molecule has 0 aromatic heterocycles. The zero-order valence-electron chi connectivity index (χ0n) is 30.1. The normalized spacial score (nSPS) is 39.4. The van der Waals surface area contributed by atoms with Crippen LogP contribution in [0.15, 0.2) is 0 Å². The Morgan fingerprint density at radius 1 is 1.00 bits per heavy atom. The van der Waals surface area contributed by atoms with Crippen LogP contribution in [-0.2, 0) is 33.0 Å². The van der Waals surface area contributed by atoms with Crippen molar-refractivity contribution in [3.63, 3.8) is 0 Å². The van der Waals surface area contributed by atoms with Gasteiger partial charge in [-0.1, -0.05) is 67.7 Å². The zero-order chi connectivity index (χ0) is 33.9. The van der Waals surface area contributed by atoms with Gasteiger partial charge in [-0.2, -0.15) is 0 Å². The van der Waals surface area contributed by atoms with E-state index in [2.05, 4.69) is 48.5 Å². The van der Waals surface area contributed by atoms with E-state index in [1.54, 1.807) is 0 Å². The Hall–Kier alpha value is -1.29. The molecule has 262 valence electrons. The van der Waals surface area contributed by atoms with E-state index in [1.807, 2.05) is 13.1 Å². The van der Waals surface area contributed by atoms with E-state index < -0.39 is 50.1 Å². The Bertz CT molecular complexity index is 1160. The van der Waals surface area contributed by atoms with Crippen LogP contribution in [-0.4, -0.2) is 68.8 Å². The lowest BCUT2D eigenvalue weighted by atomic mass is 9.40. The average Bonchev–Trinajstić information content (AvgIpc) is 3.32. The Balaban J connectivity index is 1.20. The van der Waals surface area contributed by atoms with E-state index in [4.69, 9.17) is 18.6 Å². The molecule has 1 spiro atoms. The molecule has 0 radical (unpaired) electrons. The van der Waals surface area contributed by atoms with Gasteiger partial charge in [-0.05, 0) is 97.6 Å². The highest BCUT2D eigenvalue weighted by molar-refractivity contribution is 6.74. The predicted molar refractivity (Wildman–Crippen MR) is 178 cm³/mol. The zero-order valence-corrected chi connectivity index (χ0v) is 31.1. The fourth-order valence-corrected chi connectivity index (χ4v) is 11.4. The van der Waals surface area contributed by atoms with Gasteiger partial charge < -0.3 is 23.7 Å². The van der Waals surface area contributed by atoms with Gasteiger partial charge in [0.1, 0.15) is 24.4 Å². The lowest BCUT2D eigenvalue weighted by molar-refractivity contribution is -0.296. The van der Waals surface area contributed by atoms with Crippen LogP contribution in [0, 0.1) is 46.3 Å². The lowest BCUT2D eigenvalue weighted by Crippen LogP contribution is -2.78. The molecule has 9 heteroatoms. The van der Waals surface area contributed by atoms with Crippen LogP contribution >= 0.6 is 0 Å². The number of carbonyl (C=O) groups excluding carboxylic acids is 3. The minimum Gasteiger partial charge on any atom is -0.460 e. The summed E-state index contributed by atoms with van der Waals surface area (Å²) in [6.45, 7) is 19.6. The summed E-state index contributed by atoms with van der Waals surface area (Å²) in [6, 6.07) is 0. The summed E-state index contributed by atoms with van der Waals surface area (Å²) in [4.78, 5) is 39.2. The number of hydrogen-bond donors (Lipinski definition) is 1. The number of fused-ring (bicyclic) bond motifs is 2. The van der Waals surface area contributed by atoms with Crippen molar-refractivity contribution >= 4 is 26.0 Å². The van der Waals surface area contributed by atoms with Crippen molar-refractivity contribution in [2.24, 2.45) is 46.3 Å². The second-order valence-electron chi connectivity index (χ2n) is 18.0. The second kappa shape index (κ2) is 12.9. The highest BCUT2D eigenvalue weighted by Gasteiger charge is 2.75. The monoisotopic (exact) mass is 662 g/mol. The van der Waals surface area contributed by atoms with Gasteiger partial charge >= 0.3 is 11.9 Å². The highest BCUT2D eigenvalue weighted by Crippen LogP contribution is 2.71. The van der Waals surface area contributed by atoms with Crippen LogP contribution in [0.3, 0.4) is 0 Å². The third-order valence-corrected chi connectivity index (χ3v) is 18.5. The fraction of sp³-hybridized carbons (Fsp3) is 0.919. The van der Waals surface area contributed by atoms with E-state index in [1.165, 1.54) is 25.7 Å². The molecule has 2 heterocycles. The van der Waals surface area contributed by atoms with Crippen molar-refractivity contribution in [1.29, 1.82) is 0 Å². The second-order valence-corrected chi connectivity index (χ2v) is 22.8. The minimum atomic E-state index is -2.13. The molecule has 6 aliphatic rings. The molecule has 0 unspecified atom stereocenters. The third kappa shape index (κ3) is 6.17. The lowest BCUT2D eigenvalue weighted by Gasteiger charge is -2.68. The average molecular weight is 663 g/mol. The summed E-state index contributed by atoms with van der Waals surface area (Å²) in [6.07, 6.45) is 8.36. The number of esters is 2. The first-order valence-corrected chi connectivity index (χ1v) is 21.1. The molecule has 2 bridgehead atoms. The van der Waals surface area contributed by atoms with E-state index in [-0.39, 0.29) is 41.1 Å². The number of carbonyl (C=O) groups is 3. The van der Waals surface area contributed by atoms with E-state index in [0.717, 1.165) is 25.2 Å². The van der Waals surface area contributed by atoms with Gasteiger partial charge in [-0.3, -0.25) is 4.79 Å². The van der Waals surface area contributed by atoms with E-state index in [0.29, 0.717) is 37.2 Å². The van der Waals surface area contributed by atoms with Crippen molar-refractivity contribution in [2.45, 2.75) is 149 Å². The van der Waals surface area contributed by atoms with Crippen LogP contribution < -0.4 is 0 Å². The first-order chi connectivity index (χ1) is 21.4. The fourth-order valence-electron chi connectivity index (χ4n) is 10.5. The molecule has 10 atom stereocenters. The maximum Gasteiger partial charge on any atom is 0.344 e. The number of hydrogen-bond acceptors (Lipinski definition) is 8. The largest absolute Gasteiger partial charge is 0.460 e. The molecule has 0 aromatic rings. The van der Waals surface area contributed by atoms with Gasteiger partial charge in [0.25, 0.3) is 0 Å². The smallest absolute Gasteiger partial charge is 0.344 e. The summed E-state index contributed by atoms with van der Waals surface area (Å²) in [7, 11) is -2.13. The van der Waals surface area contributed by atoms with Crippen LogP contribution in [0.1, 0.15) is 113 Å². The Labute approximate surface area is 278 Å². The Kier molecular flexibility index (Phi) is 10.1. The van der Waals surface area contributed by atoms with Gasteiger partial charge in [0.2, 0.25) is 0 Å². The maximum absolute atomic E-state index is 14.2. The molecule has 6 fully saturated rings. The van der Waals surface area contributed by atoms with E-state index >= 15 is 0 Å². The first kappa shape index (κ1) is 36.0. The topological polar surface area (TPSA) is 108 Å². The molecule has 1 N–H and O–H groups in total. The maximum atomic E-state index is 14.2. The minimum absolute atomic E-state index is 0.0475. The number of rotatable bonds is 11. The van der Waals surface area contributed by atoms with Gasteiger partial charge in [0, 0.05) is 11.8 Å². The predicted octanol–water partition coefficient (Wildman–Crippen LogP) is 6.87. The number of aliphatic hydroxyl groups is 1. The van der Waals surface area contributed by atoms with Gasteiger partial charge in [-0.15, -0.1) is 0 Å². The first-order valence-electron chi connectivity index (χ1n) is 18.2. The number of ketones is 1. The summed E-state index contributed by atoms with van der Waals surface area (Å²) in [5, 5.41) is 12.2. The Morgan fingerprint density at radius 2 is 1.72 bits per heavy atom.